The monoisotopic (exact) mass is 184 g/mol. The lowest BCUT2D eigenvalue weighted by atomic mass is 10.5. The minimum absolute atomic E-state index is 0.632. The zero-order chi connectivity index (χ0) is 6.85. The van der Waals surface area contributed by atoms with E-state index in [1.165, 1.54) is 0 Å². The van der Waals surface area contributed by atoms with Crippen molar-refractivity contribution in [1.82, 2.24) is 3.59 Å². The normalized spacial score (nSPS) is 9.00. The highest BCUT2D eigenvalue weighted by molar-refractivity contribution is 9.08. The molecular formula is C6H5BrN2. The Morgan fingerprint density at radius 1 is 1.67 bits per heavy atom. The molecule has 0 aliphatic carbocycles. The molecule has 0 fully saturated rings. The van der Waals surface area contributed by atoms with Gasteiger partial charge in [0.25, 0.3) is 0 Å². The number of aromatic nitrogens is 1. The first kappa shape index (κ1) is 6.37. The summed E-state index contributed by atoms with van der Waals surface area (Å²) in [6, 6.07) is 5.68. The van der Waals surface area contributed by atoms with Crippen LogP contribution in [0, 0.1) is 18.3 Å². The molecule has 1 rings (SSSR count). The van der Waals surface area contributed by atoms with Gasteiger partial charge >= 0.3 is 0 Å². The fourth-order valence-corrected chi connectivity index (χ4v) is 0.917. The fraction of sp³-hybridized carbons (Fsp3) is 0.167. The van der Waals surface area contributed by atoms with Crippen LogP contribution < -0.4 is 0 Å². The lowest BCUT2D eigenvalue weighted by Crippen LogP contribution is -1.83. The summed E-state index contributed by atoms with van der Waals surface area (Å²) in [5.41, 5.74) is 1.67. The van der Waals surface area contributed by atoms with E-state index in [1.54, 1.807) is 9.66 Å². The van der Waals surface area contributed by atoms with Gasteiger partial charge in [0.15, 0.2) is 0 Å². The molecular weight excluding hydrogens is 180 g/mol. The van der Waals surface area contributed by atoms with Crippen molar-refractivity contribution in [3.05, 3.63) is 23.5 Å². The standard InChI is InChI=1S/C6H5BrN2/c1-5-2-3-6(4-8)9(5)7/h2-3H,1H3. The SMILES string of the molecule is Cc1ccc(C#N)n1Br. The molecule has 1 heterocycles. The molecule has 0 saturated heterocycles. The first-order valence-electron chi connectivity index (χ1n) is 2.50. The molecule has 3 heteroatoms. The van der Waals surface area contributed by atoms with Gasteiger partial charge < -0.3 is 0 Å². The molecule has 0 amide bonds. The van der Waals surface area contributed by atoms with Gasteiger partial charge in [-0.05, 0) is 19.1 Å². The Balaban J connectivity index is 3.24. The Morgan fingerprint density at radius 2 is 2.33 bits per heavy atom. The number of halogens is 1. The van der Waals surface area contributed by atoms with Gasteiger partial charge in [-0.1, -0.05) is 0 Å². The Labute approximate surface area is 62.1 Å². The van der Waals surface area contributed by atoms with Crippen molar-refractivity contribution >= 4 is 16.1 Å². The van der Waals surface area contributed by atoms with Crippen molar-refractivity contribution in [1.29, 1.82) is 5.26 Å². The number of hydrogen-bond donors (Lipinski definition) is 0. The van der Waals surface area contributed by atoms with Gasteiger partial charge in [-0.15, -0.1) is 0 Å². The second-order valence-electron chi connectivity index (χ2n) is 1.75. The number of hydrogen-bond acceptors (Lipinski definition) is 1. The average molecular weight is 185 g/mol. The Bertz CT molecular complexity index is 257. The summed E-state index contributed by atoms with van der Waals surface area (Å²) < 4.78 is 1.67. The third kappa shape index (κ3) is 0.984. The van der Waals surface area contributed by atoms with Crippen molar-refractivity contribution in [3.8, 4) is 6.07 Å². The molecule has 0 aromatic carbocycles. The number of nitriles is 1. The molecule has 0 bridgehead atoms. The highest BCUT2D eigenvalue weighted by Gasteiger charge is 1.97. The summed E-state index contributed by atoms with van der Waals surface area (Å²) in [5.74, 6) is 0. The van der Waals surface area contributed by atoms with E-state index in [2.05, 4.69) is 16.1 Å². The Morgan fingerprint density at radius 3 is 2.56 bits per heavy atom. The van der Waals surface area contributed by atoms with Crippen molar-refractivity contribution in [3.63, 3.8) is 0 Å². The van der Waals surface area contributed by atoms with E-state index in [-0.39, 0.29) is 0 Å². The second kappa shape index (κ2) is 2.24. The zero-order valence-corrected chi connectivity index (χ0v) is 6.51. The Hall–Kier alpha value is -0.750. The summed E-state index contributed by atoms with van der Waals surface area (Å²) in [7, 11) is 0. The lowest BCUT2D eigenvalue weighted by molar-refractivity contribution is 1.17. The molecule has 0 aliphatic rings. The van der Waals surface area contributed by atoms with Gasteiger partial charge in [-0.25, -0.2) is 0 Å². The molecule has 9 heavy (non-hydrogen) atoms. The predicted molar refractivity (Wildman–Crippen MR) is 38.2 cm³/mol. The van der Waals surface area contributed by atoms with Crippen LogP contribution in [-0.2, 0) is 0 Å². The Kier molecular flexibility index (Phi) is 1.58. The van der Waals surface area contributed by atoms with Gasteiger partial charge in [0.05, 0.1) is 16.1 Å². The van der Waals surface area contributed by atoms with Gasteiger partial charge in [-0.2, -0.15) is 5.26 Å². The van der Waals surface area contributed by atoms with Gasteiger partial charge in [0.1, 0.15) is 11.8 Å². The molecule has 46 valence electrons. The molecule has 2 nitrogen and oxygen atoms in total. The van der Waals surface area contributed by atoms with Crippen molar-refractivity contribution < 1.29 is 0 Å². The predicted octanol–water partition coefficient (Wildman–Crippen LogP) is 1.83. The molecule has 1 aromatic heterocycles. The van der Waals surface area contributed by atoms with E-state index in [0.29, 0.717) is 5.69 Å². The molecule has 1 aromatic rings. The summed E-state index contributed by atoms with van der Waals surface area (Å²) in [6.45, 7) is 1.93. The molecule has 0 radical (unpaired) electrons. The number of rotatable bonds is 0. The second-order valence-corrected chi connectivity index (χ2v) is 2.46. The maximum absolute atomic E-state index is 8.43. The van der Waals surface area contributed by atoms with Crippen molar-refractivity contribution in [2.24, 2.45) is 0 Å². The minimum atomic E-state index is 0.632. The number of aryl methyl sites for hydroxylation is 1. The maximum atomic E-state index is 8.43. The summed E-state index contributed by atoms with van der Waals surface area (Å²) in [4.78, 5) is 0. The van der Waals surface area contributed by atoms with Crippen LogP contribution in [0.15, 0.2) is 12.1 Å². The lowest BCUT2D eigenvalue weighted by Gasteiger charge is -1.90. The van der Waals surface area contributed by atoms with E-state index >= 15 is 0 Å². The van der Waals surface area contributed by atoms with E-state index in [9.17, 15) is 0 Å². The van der Waals surface area contributed by atoms with Crippen molar-refractivity contribution in [2.45, 2.75) is 6.92 Å². The maximum Gasteiger partial charge on any atom is 0.130 e. The average Bonchev–Trinajstić information content (AvgIpc) is 2.15. The zero-order valence-electron chi connectivity index (χ0n) is 4.93. The van der Waals surface area contributed by atoms with Crippen LogP contribution in [0.5, 0.6) is 0 Å². The van der Waals surface area contributed by atoms with Crippen LogP contribution in [0.25, 0.3) is 0 Å². The molecule has 0 spiro atoms. The van der Waals surface area contributed by atoms with Gasteiger partial charge in [0, 0.05) is 5.69 Å². The van der Waals surface area contributed by atoms with Crippen LogP contribution in [0.2, 0.25) is 0 Å². The van der Waals surface area contributed by atoms with E-state index in [0.717, 1.165) is 5.69 Å². The van der Waals surface area contributed by atoms with Crippen LogP contribution in [0.3, 0.4) is 0 Å². The van der Waals surface area contributed by atoms with Gasteiger partial charge in [0.2, 0.25) is 0 Å². The van der Waals surface area contributed by atoms with E-state index in [4.69, 9.17) is 5.26 Å². The third-order valence-electron chi connectivity index (χ3n) is 1.12. The molecule has 0 unspecified atom stereocenters. The van der Waals surface area contributed by atoms with Crippen LogP contribution in [0.1, 0.15) is 11.4 Å². The minimum Gasteiger partial charge on any atom is -0.272 e. The van der Waals surface area contributed by atoms with Crippen LogP contribution >= 0.6 is 16.1 Å². The molecule has 0 saturated carbocycles. The third-order valence-corrected chi connectivity index (χ3v) is 2.06. The first-order chi connectivity index (χ1) is 4.25. The van der Waals surface area contributed by atoms with Gasteiger partial charge in [-0.3, -0.25) is 3.59 Å². The summed E-state index contributed by atoms with van der Waals surface area (Å²) >= 11 is 3.20. The van der Waals surface area contributed by atoms with E-state index < -0.39 is 0 Å². The summed E-state index contributed by atoms with van der Waals surface area (Å²) in [5, 5.41) is 8.43. The molecule has 0 atom stereocenters. The highest BCUT2D eigenvalue weighted by Crippen LogP contribution is 2.09. The summed E-state index contributed by atoms with van der Waals surface area (Å²) in [6.07, 6.45) is 0. The smallest absolute Gasteiger partial charge is 0.130 e. The highest BCUT2D eigenvalue weighted by atomic mass is 79.9. The quantitative estimate of drug-likeness (QED) is 0.605. The van der Waals surface area contributed by atoms with Crippen LogP contribution in [0.4, 0.5) is 0 Å². The first-order valence-corrected chi connectivity index (χ1v) is 3.21. The van der Waals surface area contributed by atoms with Crippen LogP contribution in [-0.4, -0.2) is 3.59 Å². The topological polar surface area (TPSA) is 28.7 Å². The van der Waals surface area contributed by atoms with E-state index in [1.807, 2.05) is 19.1 Å². The fourth-order valence-electron chi connectivity index (χ4n) is 0.602. The molecule has 0 aliphatic heterocycles. The molecule has 0 N–H and O–H groups in total. The van der Waals surface area contributed by atoms with Crippen molar-refractivity contribution in [2.75, 3.05) is 0 Å². The largest absolute Gasteiger partial charge is 0.272 e. The number of nitrogens with zero attached hydrogens (tertiary/aromatic N) is 2.